The molecule has 0 N–H and O–H groups in total. The van der Waals surface area contributed by atoms with Gasteiger partial charge in [-0.05, 0) is 38.2 Å². The summed E-state index contributed by atoms with van der Waals surface area (Å²) in [5.74, 6) is -0.248. The zero-order valence-corrected chi connectivity index (χ0v) is 13.1. The maximum Gasteiger partial charge on any atom is 0.338 e. The molecular weight excluding hydrogens is 252 g/mol. The van der Waals surface area contributed by atoms with Crippen LogP contribution in [0.2, 0.25) is 0 Å². The third kappa shape index (κ3) is 4.53. The Morgan fingerprint density at radius 2 is 1.65 bits per heavy atom. The lowest BCUT2D eigenvalue weighted by atomic mass is 10.2. The summed E-state index contributed by atoms with van der Waals surface area (Å²) >= 11 is 0. The van der Waals surface area contributed by atoms with Gasteiger partial charge in [-0.2, -0.15) is 0 Å². The normalized spacial score (nSPS) is 15.3. The number of hydrogen-bond donors (Lipinski definition) is 0. The number of hydrogen-bond acceptors (Lipinski definition) is 4. The number of nitrogens with zero attached hydrogens (tertiary/aromatic N) is 2. The highest BCUT2D eigenvalue weighted by molar-refractivity contribution is 5.89. The lowest BCUT2D eigenvalue weighted by Gasteiger charge is -2.34. The fraction of sp³-hybridized carbons (Fsp3) is 0.562. The largest absolute Gasteiger partial charge is 0.462 e. The summed E-state index contributed by atoms with van der Waals surface area (Å²) in [6.45, 7) is 10.5. The van der Waals surface area contributed by atoms with Crippen molar-refractivity contribution in [3.05, 3.63) is 29.8 Å². The molecule has 20 heavy (non-hydrogen) atoms. The Labute approximate surface area is 122 Å². The predicted molar refractivity (Wildman–Crippen MR) is 83.5 cm³/mol. The molecule has 1 aromatic carbocycles. The molecule has 1 aliphatic rings. The van der Waals surface area contributed by atoms with Crippen LogP contribution in [0.25, 0.3) is 0 Å². The molecular formula is C16H26N2O2. The average molecular weight is 278 g/mol. The monoisotopic (exact) mass is 278 g/mol. The van der Waals surface area contributed by atoms with Crippen molar-refractivity contribution in [2.45, 2.75) is 20.8 Å². The summed E-state index contributed by atoms with van der Waals surface area (Å²) < 4.78 is 4.97. The third-order valence-corrected chi connectivity index (χ3v) is 3.25. The van der Waals surface area contributed by atoms with E-state index in [0.29, 0.717) is 12.2 Å². The van der Waals surface area contributed by atoms with Crippen LogP contribution in [0, 0.1) is 0 Å². The van der Waals surface area contributed by atoms with E-state index >= 15 is 0 Å². The van der Waals surface area contributed by atoms with Gasteiger partial charge in [0, 0.05) is 31.9 Å². The van der Waals surface area contributed by atoms with E-state index in [1.807, 2.05) is 45.0 Å². The highest BCUT2D eigenvalue weighted by atomic mass is 16.5. The molecule has 0 bridgehead atoms. The molecule has 0 spiro atoms. The van der Waals surface area contributed by atoms with Crippen molar-refractivity contribution in [3.63, 3.8) is 0 Å². The first-order valence-electron chi connectivity index (χ1n) is 7.41. The Morgan fingerprint density at radius 1 is 1.10 bits per heavy atom. The average Bonchev–Trinajstić information content (AvgIpc) is 2.50. The van der Waals surface area contributed by atoms with Crippen LogP contribution < -0.4 is 4.90 Å². The van der Waals surface area contributed by atoms with Crippen molar-refractivity contribution in [3.8, 4) is 0 Å². The fourth-order valence-corrected chi connectivity index (χ4v) is 2.09. The van der Waals surface area contributed by atoms with E-state index in [0.717, 1.165) is 26.2 Å². The van der Waals surface area contributed by atoms with Gasteiger partial charge in [0.1, 0.15) is 0 Å². The Balaban J connectivity index is 0.000000956. The zero-order valence-electron chi connectivity index (χ0n) is 13.1. The van der Waals surface area contributed by atoms with Crippen molar-refractivity contribution >= 4 is 11.7 Å². The molecule has 4 nitrogen and oxygen atoms in total. The van der Waals surface area contributed by atoms with Gasteiger partial charge in [0.05, 0.1) is 12.2 Å². The van der Waals surface area contributed by atoms with Gasteiger partial charge < -0.3 is 14.5 Å². The second-order valence-corrected chi connectivity index (χ2v) is 4.56. The highest BCUT2D eigenvalue weighted by Gasteiger charge is 2.14. The molecule has 1 heterocycles. The zero-order chi connectivity index (χ0) is 15.0. The van der Waals surface area contributed by atoms with Crippen molar-refractivity contribution in [2.24, 2.45) is 0 Å². The number of likely N-dealkylation sites (N-methyl/N-ethyl adjacent to an activating group) is 1. The quantitative estimate of drug-likeness (QED) is 0.796. The molecule has 0 amide bonds. The lowest BCUT2D eigenvalue weighted by molar-refractivity contribution is 0.0526. The molecule has 1 aromatic rings. The molecule has 112 valence electrons. The van der Waals surface area contributed by atoms with Crippen LogP contribution >= 0.6 is 0 Å². The van der Waals surface area contributed by atoms with Gasteiger partial charge in [-0.15, -0.1) is 0 Å². The van der Waals surface area contributed by atoms with E-state index in [1.165, 1.54) is 5.69 Å². The number of carbonyl (C=O) groups is 1. The number of piperazine rings is 1. The van der Waals surface area contributed by atoms with Gasteiger partial charge in [0.15, 0.2) is 0 Å². The first-order chi connectivity index (χ1) is 9.70. The molecule has 1 fully saturated rings. The Hall–Kier alpha value is -1.55. The van der Waals surface area contributed by atoms with E-state index in [1.54, 1.807) is 0 Å². The number of ether oxygens (including phenoxy) is 1. The number of anilines is 1. The van der Waals surface area contributed by atoms with Crippen molar-refractivity contribution in [1.29, 1.82) is 0 Å². The predicted octanol–water partition coefficient (Wildman–Crippen LogP) is 2.64. The molecule has 1 aliphatic heterocycles. The summed E-state index contributed by atoms with van der Waals surface area (Å²) in [7, 11) is 2.14. The van der Waals surface area contributed by atoms with Crippen molar-refractivity contribution in [2.75, 3.05) is 44.7 Å². The minimum Gasteiger partial charge on any atom is -0.462 e. The van der Waals surface area contributed by atoms with E-state index < -0.39 is 0 Å². The van der Waals surface area contributed by atoms with E-state index in [-0.39, 0.29) is 5.97 Å². The molecule has 0 unspecified atom stereocenters. The molecule has 0 atom stereocenters. The van der Waals surface area contributed by atoms with E-state index in [2.05, 4.69) is 16.8 Å². The van der Waals surface area contributed by atoms with E-state index in [9.17, 15) is 4.79 Å². The minimum absolute atomic E-state index is 0.248. The summed E-state index contributed by atoms with van der Waals surface area (Å²) in [4.78, 5) is 16.2. The molecule has 0 radical (unpaired) electrons. The van der Waals surface area contributed by atoms with Gasteiger partial charge in [0.25, 0.3) is 0 Å². The van der Waals surface area contributed by atoms with Gasteiger partial charge in [-0.3, -0.25) is 0 Å². The molecule has 1 saturated heterocycles. The maximum atomic E-state index is 11.5. The summed E-state index contributed by atoms with van der Waals surface area (Å²) in [5.41, 5.74) is 1.80. The molecule has 4 heteroatoms. The van der Waals surface area contributed by atoms with Crippen LogP contribution in [0.5, 0.6) is 0 Å². The van der Waals surface area contributed by atoms with Crippen LogP contribution in [0.3, 0.4) is 0 Å². The topological polar surface area (TPSA) is 32.8 Å². The summed E-state index contributed by atoms with van der Waals surface area (Å²) in [5, 5.41) is 0. The van der Waals surface area contributed by atoms with Gasteiger partial charge >= 0.3 is 5.97 Å². The van der Waals surface area contributed by atoms with Gasteiger partial charge in [-0.1, -0.05) is 13.8 Å². The third-order valence-electron chi connectivity index (χ3n) is 3.25. The van der Waals surface area contributed by atoms with Crippen LogP contribution in [-0.4, -0.2) is 50.7 Å². The first-order valence-corrected chi connectivity index (χ1v) is 7.41. The minimum atomic E-state index is -0.248. The second-order valence-electron chi connectivity index (χ2n) is 4.56. The standard InChI is InChI=1S/C14H20N2O2.C2H6/c1-3-18-14(17)12-4-6-13(7-5-12)16-10-8-15(2)9-11-16;1-2/h4-7H,3,8-11H2,1-2H3;1-2H3. The first kappa shape index (κ1) is 16.5. The number of benzene rings is 1. The van der Waals surface area contributed by atoms with Gasteiger partial charge in [0.2, 0.25) is 0 Å². The molecule has 2 rings (SSSR count). The maximum absolute atomic E-state index is 11.5. The summed E-state index contributed by atoms with van der Waals surface area (Å²) in [6.07, 6.45) is 0. The Kier molecular flexibility index (Phi) is 7.09. The smallest absolute Gasteiger partial charge is 0.338 e. The molecule has 0 aliphatic carbocycles. The number of esters is 1. The van der Waals surface area contributed by atoms with Crippen molar-refractivity contribution < 1.29 is 9.53 Å². The summed E-state index contributed by atoms with van der Waals surface area (Å²) in [6, 6.07) is 7.67. The Morgan fingerprint density at radius 3 is 2.15 bits per heavy atom. The molecule has 0 aromatic heterocycles. The lowest BCUT2D eigenvalue weighted by Crippen LogP contribution is -2.44. The SMILES string of the molecule is CC.CCOC(=O)c1ccc(N2CCN(C)CC2)cc1. The highest BCUT2D eigenvalue weighted by Crippen LogP contribution is 2.17. The fourth-order valence-electron chi connectivity index (χ4n) is 2.09. The van der Waals surface area contributed by atoms with Crippen molar-refractivity contribution in [1.82, 2.24) is 4.90 Å². The van der Waals surface area contributed by atoms with E-state index in [4.69, 9.17) is 4.74 Å². The van der Waals surface area contributed by atoms with Crippen LogP contribution in [-0.2, 0) is 4.74 Å². The number of rotatable bonds is 3. The van der Waals surface area contributed by atoms with Crippen LogP contribution in [0.4, 0.5) is 5.69 Å². The van der Waals surface area contributed by atoms with Crippen LogP contribution in [0.15, 0.2) is 24.3 Å². The number of carbonyl (C=O) groups excluding carboxylic acids is 1. The second kappa shape index (κ2) is 8.59. The Bertz CT molecular complexity index is 395. The van der Waals surface area contributed by atoms with Crippen LogP contribution in [0.1, 0.15) is 31.1 Å². The molecule has 0 saturated carbocycles. The van der Waals surface area contributed by atoms with Gasteiger partial charge in [-0.25, -0.2) is 4.79 Å².